The quantitative estimate of drug-likeness (QED) is 0.694. The minimum atomic E-state index is -0.481. The van der Waals surface area contributed by atoms with E-state index in [2.05, 4.69) is 5.32 Å². The lowest BCUT2D eigenvalue weighted by Crippen LogP contribution is -2.33. The fourth-order valence-electron chi connectivity index (χ4n) is 2.56. The van der Waals surface area contributed by atoms with Gasteiger partial charge >= 0.3 is 0 Å². The molecule has 1 atom stereocenters. The number of hydrogen-bond acceptors (Lipinski definition) is 4. The average Bonchev–Trinajstić information content (AvgIpc) is 2.66. The van der Waals surface area contributed by atoms with Crippen LogP contribution in [0.3, 0.4) is 0 Å². The number of ketones is 1. The van der Waals surface area contributed by atoms with E-state index < -0.39 is 5.92 Å². The van der Waals surface area contributed by atoms with E-state index >= 15 is 0 Å². The van der Waals surface area contributed by atoms with Crippen molar-refractivity contribution >= 4 is 11.7 Å². The Morgan fingerprint density at radius 2 is 1.67 bits per heavy atom. The van der Waals surface area contributed by atoms with Crippen LogP contribution in [0.4, 0.5) is 4.39 Å². The summed E-state index contributed by atoms with van der Waals surface area (Å²) in [5.41, 5.74) is 1.79. The van der Waals surface area contributed by atoms with Crippen LogP contribution >= 0.6 is 0 Å². The first-order valence-corrected chi connectivity index (χ1v) is 8.70. The minimum absolute atomic E-state index is 0.0464. The third-order valence-corrected chi connectivity index (χ3v) is 3.98. The summed E-state index contributed by atoms with van der Waals surface area (Å²) < 4.78 is 23.6. The molecule has 2 aromatic rings. The van der Waals surface area contributed by atoms with Crippen molar-refractivity contribution in [2.24, 2.45) is 5.92 Å². The van der Waals surface area contributed by atoms with Gasteiger partial charge in [0.05, 0.1) is 12.5 Å². The largest absolute Gasteiger partial charge is 0.489 e. The maximum atomic E-state index is 12.9. The first kappa shape index (κ1) is 20.6. The number of rotatable bonds is 10. The van der Waals surface area contributed by atoms with E-state index in [1.54, 1.807) is 12.1 Å². The van der Waals surface area contributed by atoms with Gasteiger partial charge in [-0.25, -0.2) is 4.39 Å². The lowest BCUT2D eigenvalue weighted by molar-refractivity contribution is -0.130. The van der Waals surface area contributed by atoms with Crippen LogP contribution in [0.1, 0.15) is 24.5 Å². The number of halogens is 1. The van der Waals surface area contributed by atoms with Gasteiger partial charge < -0.3 is 19.6 Å². The van der Waals surface area contributed by atoms with Gasteiger partial charge in [-0.3, -0.25) is 4.79 Å². The number of methoxy groups -OCH3 is 1. The molecule has 0 aliphatic rings. The van der Waals surface area contributed by atoms with Gasteiger partial charge in [0.25, 0.3) is 0 Å². The predicted octanol–water partition coefficient (Wildman–Crippen LogP) is 3.26. The third kappa shape index (κ3) is 7.19. The van der Waals surface area contributed by atoms with E-state index in [0.29, 0.717) is 18.9 Å². The normalized spacial score (nSPS) is 11.7. The Hall–Kier alpha value is -2.73. The molecular formula is C21H24FNO4. The van der Waals surface area contributed by atoms with Crippen molar-refractivity contribution < 1.29 is 23.5 Å². The van der Waals surface area contributed by atoms with Crippen molar-refractivity contribution in [2.45, 2.75) is 26.5 Å². The summed E-state index contributed by atoms with van der Waals surface area (Å²) in [5.74, 6) is -0.325. The van der Waals surface area contributed by atoms with Gasteiger partial charge in [-0.05, 0) is 42.3 Å². The van der Waals surface area contributed by atoms with Gasteiger partial charge in [-0.1, -0.05) is 24.3 Å². The van der Waals surface area contributed by atoms with Crippen LogP contribution in [0.25, 0.3) is 0 Å². The SMILES string of the molecule is COC[C@@H](CC(C)=O)C(=O)NCc1ccc(OCc2ccc(F)cc2)cc1. The third-order valence-electron chi connectivity index (χ3n) is 3.98. The topological polar surface area (TPSA) is 64.6 Å². The van der Waals surface area contributed by atoms with E-state index in [0.717, 1.165) is 11.1 Å². The first-order chi connectivity index (χ1) is 13.0. The molecule has 6 heteroatoms. The Kier molecular flexibility index (Phi) is 7.95. The van der Waals surface area contributed by atoms with Crippen LogP contribution in [-0.4, -0.2) is 25.4 Å². The molecule has 0 spiro atoms. The summed E-state index contributed by atoms with van der Waals surface area (Å²) >= 11 is 0. The lowest BCUT2D eigenvalue weighted by Gasteiger charge is -2.15. The molecule has 0 aliphatic carbocycles. The van der Waals surface area contributed by atoms with Crippen LogP contribution < -0.4 is 10.1 Å². The average molecular weight is 373 g/mol. The summed E-state index contributed by atoms with van der Waals surface area (Å²) in [6, 6.07) is 13.5. The van der Waals surface area contributed by atoms with Gasteiger partial charge in [-0.15, -0.1) is 0 Å². The van der Waals surface area contributed by atoms with E-state index in [1.165, 1.54) is 26.2 Å². The van der Waals surface area contributed by atoms with Crippen LogP contribution in [0.15, 0.2) is 48.5 Å². The number of Topliss-reactive ketones (excluding diaryl/α,β-unsaturated/α-hetero) is 1. The Bertz CT molecular complexity index is 744. The molecular weight excluding hydrogens is 349 g/mol. The predicted molar refractivity (Wildman–Crippen MR) is 99.7 cm³/mol. The Balaban J connectivity index is 1.83. The van der Waals surface area contributed by atoms with Crippen molar-refractivity contribution in [3.05, 3.63) is 65.5 Å². The molecule has 0 unspecified atom stereocenters. The second-order valence-corrected chi connectivity index (χ2v) is 6.34. The number of carbonyl (C=O) groups excluding carboxylic acids is 2. The van der Waals surface area contributed by atoms with Crippen LogP contribution in [0.2, 0.25) is 0 Å². The van der Waals surface area contributed by atoms with Crippen LogP contribution in [-0.2, 0) is 27.5 Å². The molecule has 0 saturated heterocycles. The van der Waals surface area contributed by atoms with Gasteiger partial charge in [0, 0.05) is 20.1 Å². The highest BCUT2D eigenvalue weighted by atomic mass is 19.1. The smallest absolute Gasteiger partial charge is 0.226 e. The zero-order valence-corrected chi connectivity index (χ0v) is 15.5. The fourth-order valence-corrected chi connectivity index (χ4v) is 2.56. The first-order valence-electron chi connectivity index (χ1n) is 8.70. The second kappa shape index (κ2) is 10.4. The van der Waals surface area contributed by atoms with Crippen molar-refractivity contribution in [2.75, 3.05) is 13.7 Å². The second-order valence-electron chi connectivity index (χ2n) is 6.34. The monoisotopic (exact) mass is 373 g/mol. The Morgan fingerprint density at radius 3 is 2.26 bits per heavy atom. The number of carbonyl (C=O) groups is 2. The molecule has 0 fully saturated rings. The molecule has 2 aromatic carbocycles. The molecule has 0 aliphatic heterocycles. The van der Waals surface area contributed by atoms with Gasteiger partial charge in [-0.2, -0.15) is 0 Å². The maximum Gasteiger partial charge on any atom is 0.226 e. The molecule has 0 heterocycles. The lowest BCUT2D eigenvalue weighted by atomic mass is 10.0. The van der Waals surface area contributed by atoms with Crippen molar-refractivity contribution in [3.63, 3.8) is 0 Å². The molecule has 5 nitrogen and oxygen atoms in total. The van der Waals surface area contributed by atoms with Gasteiger partial charge in [0.2, 0.25) is 5.91 Å². The van der Waals surface area contributed by atoms with E-state index in [1.807, 2.05) is 24.3 Å². The molecule has 0 saturated carbocycles. The molecule has 144 valence electrons. The molecule has 2 rings (SSSR count). The van der Waals surface area contributed by atoms with E-state index in [9.17, 15) is 14.0 Å². The van der Waals surface area contributed by atoms with Gasteiger partial charge in [0.1, 0.15) is 24.0 Å². The highest BCUT2D eigenvalue weighted by Crippen LogP contribution is 2.15. The molecule has 0 aromatic heterocycles. The van der Waals surface area contributed by atoms with Crippen LogP contribution in [0.5, 0.6) is 5.75 Å². The summed E-state index contributed by atoms with van der Waals surface area (Å²) in [4.78, 5) is 23.5. The summed E-state index contributed by atoms with van der Waals surface area (Å²) in [6.45, 7) is 2.37. The van der Waals surface area contributed by atoms with E-state index in [-0.39, 0.29) is 30.5 Å². The molecule has 1 amide bonds. The zero-order chi connectivity index (χ0) is 19.6. The number of hydrogen-bond donors (Lipinski definition) is 1. The molecule has 27 heavy (non-hydrogen) atoms. The standard InChI is InChI=1S/C21H24FNO4/c1-15(24)11-18(14-26-2)21(25)23-12-16-5-9-20(10-6-16)27-13-17-3-7-19(22)8-4-17/h3-10,18H,11-14H2,1-2H3,(H,23,25)/t18-/m1/s1. The van der Waals surface area contributed by atoms with Crippen molar-refractivity contribution in [1.29, 1.82) is 0 Å². The molecule has 0 bridgehead atoms. The molecule has 0 radical (unpaired) electrons. The van der Waals surface area contributed by atoms with Crippen LogP contribution in [0, 0.1) is 11.7 Å². The van der Waals surface area contributed by atoms with E-state index in [4.69, 9.17) is 9.47 Å². The van der Waals surface area contributed by atoms with Crippen molar-refractivity contribution in [1.82, 2.24) is 5.32 Å². The minimum Gasteiger partial charge on any atom is -0.489 e. The fraction of sp³-hybridized carbons (Fsp3) is 0.333. The Morgan fingerprint density at radius 1 is 1.04 bits per heavy atom. The summed E-state index contributed by atoms with van der Waals surface area (Å²) in [6.07, 6.45) is 0.163. The Labute approximate surface area is 158 Å². The summed E-state index contributed by atoms with van der Waals surface area (Å²) in [5, 5.41) is 2.82. The summed E-state index contributed by atoms with van der Waals surface area (Å²) in [7, 11) is 1.51. The zero-order valence-electron chi connectivity index (χ0n) is 15.5. The van der Waals surface area contributed by atoms with Gasteiger partial charge in [0.15, 0.2) is 0 Å². The number of ether oxygens (including phenoxy) is 2. The van der Waals surface area contributed by atoms with Crippen molar-refractivity contribution in [3.8, 4) is 5.75 Å². The number of benzene rings is 2. The maximum absolute atomic E-state index is 12.9. The highest BCUT2D eigenvalue weighted by molar-refractivity contribution is 5.85. The number of nitrogens with one attached hydrogen (secondary N) is 1. The number of amides is 1. The highest BCUT2D eigenvalue weighted by Gasteiger charge is 2.19. The molecule has 1 N–H and O–H groups in total.